The third-order valence-corrected chi connectivity index (χ3v) is 13.3. The molecule has 3 unspecified atom stereocenters. The van der Waals surface area contributed by atoms with E-state index < -0.39 is 30.6 Å². The molecule has 1 aromatic carbocycles. The van der Waals surface area contributed by atoms with E-state index in [1.807, 2.05) is 6.07 Å². The molecule has 1 amide bonds. The van der Waals surface area contributed by atoms with Gasteiger partial charge in [0.1, 0.15) is 6.10 Å². The van der Waals surface area contributed by atoms with Crippen LogP contribution in [0.5, 0.6) is 5.88 Å². The number of aryl methyl sites for hydroxylation is 1. The second kappa shape index (κ2) is 13.6. The lowest BCUT2D eigenvalue weighted by Crippen LogP contribution is -2.47. The molecule has 3 heterocycles. The van der Waals surface area contributed by atoms with E-state index >= 15 is 0 Å². The Bertz CT molecular complexity index is 1530. The van der Waals surface area contributed by atoms with E-state index in [1.165, 1.54) is 6.66 Å². The van der Waals surface area contributed by atoms with E-state index in [-0.39, 0.29) is 55.3 Å². The minimum absolute atomic E-state index is 0.0128. The van der Waals surface area contributed by atoms with Crippen molar-refractivity contribution >= 4 is 35.8 Å². The molecule has 2 saturated carbocycles. The van der Waals surface area contributed by atoms with Crippen LogP contribution in [0.15, 0.2) is 43.1 Å². The average Bonchev–Trinajstić information content (AvgIpc) is 3.62. The quantitative estimate of drug-likeness (QED) is 0.221. The highest BCUT2D eigenvalue weighted by Gasteiger charge is 2.63. The van der Waals surface area contributed by atoms with E-state index in [1.54, 1.807) is 17.2 Å². The molecule has 3 fully saturated rings. The number of ether oxygens (including phenoxy) is 2. The number of Topliss-reactive ketones (excluding diaryl/α,β-unsaturated/α-hetero) is 1. The van der Waals surface area contributed by atoms with Crippen molar-refractivity contribution in [3.05, 3.63) is 48.7 Å². The van der Waals surface area contributed by atoms with Gasteiger partial charge in [0, 0.05) is 31.1 Å². The minimum Gasteiger partial charge on any atom is -0.472 e. The molecule has 2 aliphatic carbocycles. The molecule has 248 valence electrons. The number of rotatable bonds is 6. The van der Waals surface area contributed by atoms with E-state index in [2.05, 4.69) is 29.8 Å². The first-order valence-corrected chi connectivity index (χ1v) is 19.2. The molecule has 1 saturated heterocycles. The molecule has 0 spiro atoms. The lowest BCUT2D eigenvalue weighted by atomic mass is 9.77. The Kier molecular flexibility index (Phi) is 9.73. The van der Waals surface area contributed by atoms with E-state index in [0.29, 0.717) is 18.9 Å². The third-order valence-electron chi connectivity index (χ3n) is 11.0. The van der Waals surface area contributed by atoms with Crippen LogP contribution in [0.25, 0.3) is 10.8 Å². The lowest BCUT2D eigenvalue weighted by Gasteiger charge is -2.34. The van der Waals surface area contributed by atoms with Crippen molar-refractivity contribution in [3.63, 3.8) is 0 Å². The second-order valence-electron chi connectivity index (χ2n) is 14.1. The molecule has 1 aromatic heterocycles. The van der Waals surface area contributed by atoms with Gasteiger partial charge >= 0.3 is 5.97 Å². The summed E-state index contributed by atoms with van der Waals surface area (Å²) in [4.78, 5) is 58.7. The van der Waals surface area contributed by atoms with Crippen LogP contribution >= 0.6 is 7.37 Å². The zero-order valence-corrected chi connectivity index (χ0v) is 27.8. The first-order chi connectivity index (χ1) is 22.1. The maximum absolute atomic E-state index is 14.6. The molecule has 2 aliphatic heterocycles. The molecule has 2 aromatic rings. The molecule has 1 N–H and O–H groups in total. The number of carbonyl (C=O) groups is 3. The van der Waals surface area contributed by atoms with Gasteiger partial charge in [-0.25, -0.2) is 4.98 Å². The van der Waals surface area contributed by atoms with Crippen molar-refractivity contribution in [2.75, 3.05) is 19.8 Å². The van der Waals surface area contributed by atoms with Gasteiger partial charge in [0.15, 0.2) is 5.78 Å². The SMILES string of the molecule is C=CC1CC1(CC(=O)[C@@H]1C[C@@H]2CN1C(=O)[C@H](C1CCCCC1)CC(=O)OCCCCCc1ccc3ccnc(c3c1)O2)P(C)(=O)O. The fraction of sp³-hybridized carbons (Fsp3) is 0.611. The van der Waals surface area contributed by atoms with Gasteiger partial charge in [-0.1, -0.05) is 37.5 Å². The van der Waals surface area contributed by atoms with Crippen LogP contribution in [0.3, 0.4) is 0 Å². The van der Waals surface area contributed by atoms with E-state index in [4.69, 9.17) is 9.47 Å². The van der Waals surface area contributed by atoms with Crippen molar-refractivity contribution in [1.29, 1.82) is 0 Å². The number of fused-ring (bicyclic) bond motifs is 3. The predicted octanol–water partition coefficient (Wildman–Crippen LogP) is 6.24. The van der Waals surface area contributed by atoms with Crippen molar-refractivity contribution in [2.45, 2.75) is 101 Å². The number of benzene rings is 1. The van der Waals surface area contributed by atoms with Crippen LogP contribution < -0.4 is 4.74 Å². The maximum atomic E-state index is 14.6. The highest BCUT2D eigenvalue weighted by molar-refractivity contribution is 7.59. The molecule has 9 nitrogen and oxygen atoms in total. The summed E-state index contributed by atoms with van der Waals surface area (Å²) in [5, 5.41) is 0.839. The van der Waals surface area contributed by atoms with Crippen LogP contribution in [-0.4, -0.2) is 69.6 Å². The molecule has 6 rings (SSSR count). The third kappa shape index (κ3) is 6.82. The highest BCUT2D eigenvalue weighted by Crippen LogP contribution is 2.71. The number of allylic oxidation sites excluding steroid dienone is 1. The normalized spacial score (nSPS) is 31.0. The molecular formula is C36H47N2O7P. The number of pyridine rings is 1. The first kappa shape index (κ1) is 32.9. The zero-order valence-electron chi connectivity index (χ0n) is 26.9. The van der Waals surface area contributed by atoms with Gasteiger partial charge in [-0.05, 0) is 79.9 Å². The second-order valence-corrected chi connectivity index (χ2v) is 16.7. The monoisotopic (exact) mass is 650 g/mol. The predicted molar refractivity (Wildman–Crippen MR) is 176 cm³/mol. The summed E-state index contributed by atoms with van der Waals surface area (Å²) in [5.41, 5.74) is 1.16. The number of nitrogens with zero attached hydrogens (tertiary/aromatic N) is 2. The molecule has 4 aliphatic rings. The Morgan fingerprint density at radius 3 is 2.67 bits per heavy atom. The smallest absolute Gasteiger partial charge is 0.306 e. The average molecular weight is 651 g/mol. The summed E-state index contributed by atoms with van der Waals surface area (Å²) in [5.74, 6) is -1.17. The molecule has 6 atom stereocenters. The first-order valence-electron chi connectivity index (χ1n) is 17.1. The number of ketones is 1. The van der Waals surface area contributed by atoms with Gasteiger partial charge in [0.25, 0.3) is 0 Å². The summed E-state index contributed by atoms with van der Waals surface area (Å²) in [6.45, 7) is 5.63. The van der Waals surface area contributed by atoms with E-state index in [0.717, 1.165) is 74.1 Å². The number of aromatic nitrogens is 1. The number of hydrogen-bond donors (Lipinski definition) is 1. The summed E-state index contributed by atoms with van der Waals surface area (Å²) < 4.78 is 25.2. The van der Waals surface area contributed by atoms with Gasteiger partial charge in [0.05, 0.1) is 36.7 Å². The number of carbonyl (C=O) groups excluding carboxylic acids is 3. The Hall–Kier alpha value is -3.03. The van der Waals surface area contributed by atoms with Crippen molar-refractivity contribution in [1.82, 2.24) is 9.88 Å². The fourth-order valence-corrected chi connectivity index (χ4v) is 9.84. The molecular weight excluding hydrogens is 603 g/mol. The van der Waals surface area contributed by atoms with Crippen molar-refractivity contribution < 1.29 is 33.3 Å². The maximum Gasteiger partial charge on any atom is 0.306 e. The Morgan fingerprint density at radius 1 is 1.15 bits per heavy atom. The van der Waals surface area contributed by atoms with Crippen LogP contribution in [-0.2, 0) is 30.1 Å². The summed E-state index contributed by atoms with van der Waals surface area (Å²) in [7, 11) is -3.64. The van der Waals surface area contributed by atoms with Gasteiger partial charge < -0.3 is 19.3 Å². The molecule has 0 radical (unpaired) electrons. The van der Waals surface area contributed by atoms with Gasteiger partial charge in [-0.3, -0.25) is 18.9 Å². The van der Waals surface area contributed by atoms with Crippen molar-refractivity contribution in [2.24, 2.45) is 17.8 Å². The number of esters is 1. The fourth-order valence-electron chi connectivity index (χ4n) is 8.14. The summed E-state index contributed by atoms with van der Waals surface area (Å²) >= 11 is 0. The van der Waals surface area contributed by atoms with Gasteiger partial charge in [0.2, 0.25) is 19.2 Å². The Morgan fingerprint density at radius 2 is 1.93 bits per heavy atom. The molecule has 10 heteroatoms. The number of hydrogen-bond acceptors (Lipinski definition) is 7. The number of amides is 1. The number of cyclic esters (lactones) is 1. The van der Waals surface area contributed by atoms with Crippen LogP contribution in [0.1, 0.15) is 82.6 Å². The summed E-state index contributed by atoms with van der Waals surface area (Å²) in [6.07, 6.45) is 11.7. The van der Waals surface area contributed by atoms with Crippen LogP contribution in [0, 0.1) is 17.8 Å². The zero-order chi connectivity index (χ0) is 32.5. The Labute approximate surface area is 271 Å². The Balaban J connectivity index is 1.35. The van der Waals surface area contributed by atoms with E-state index in [9.17, 15) is 23.8 Å². The molecule has 4 bridgehead atoms. The lowest BCUT2D eigenvalue weighted by molar-refractivity contribution is -0.152. The van der Waals surface area contributed by atoms with Crippen LogP contribution in [0.4, 0.5) is 0 Å². The minimum atomic E-state index is -3.64. The highest BCUT2D eigenvalue weighted by atomic mass is 31.2. The largest absolute Gasteiger partial charge is 0.472 e. The van der Waals surface area contributed by atoms with Crippen LogP contribution in [0.2, 0.25) is 0 Å². The van der Waals surface area contributed by atoms with Crippen molar-refractivity contribution in [3.8, 4) is 5.88 Å². The summed E-state index contributed by atoms with van der Waals surface area (Å²) in [6, 6.07) is 7.39. The topological polar surface area (TPSA) is 123 Å². The van der Waals surface area contributed by atoms with Gasteiger partial charge in [-0.15, -0.1) is 6.58 Å². The van der Waals surface area contributed by atoms with Gasteiger partial charge in [-0.2, -0.15) is 0 Å². The standard InChI is InChI=1S/C36H47N2O7P/c1-3-27-21-36(27,46(2,42)43)22-32(39)31-19-28-23-38(31)35(41)30(25-11-7-4-8-12-25)20-33(40)44-17-9-5-6-10-24-13-14-26-15-16-37-34(45-28)29(26)18-24/h3,13-16,18,25,27-28,30-31H,1,4-12,17,19-23H2,2H3,(H,42,43)/t27?,28-,30+,31+,36?/m1/s1. The molecule has 46 heavy (non-hydrogen) atoms.